The van der Waals surface area contributed by atoms with Gasteiger partial charge in [0.05, 0.1) is 0 Å². The first kappa shape index (κ1) is 16.5. The molecule has 1 aliphatic carbocycles. The molecule has 5 nitrogen and oxygen atoms in total. The van der Waals surface area contributed by atoms with Gasteiger partial charge in [0.2, 0.25) is 11.8 Å². The number of hydrogen-bond donors (Lipinski definition) is 2. The fourth-order valence-electron chi connectivity index (χ4n) is 3.07. The Hall–Kier alpha value is -2.40. The number of pyridine rings is 1. The maximum atomic E-state index is 11.8. The zero-order valence-corrected chi connectivity index (χ0v) is 13.7. The van der Waals surface area contributed by atoms with Crippen molar-refractivity contribution in [2.24, 2.45) is 5.73 Å². The third-order valence-electron chi connectivity index (χ3n) is 4.34. The van der Waals surface area contributed by atoms with Crippen LogP contribution in [0.5, 0.6) is 5.88 Å². The largest absolute Gasteiger partial charge is 0.474 e. The second kappa shape index (κ2) is 7.93. The Kier molecular flexibility index (Phi) is 5.43. The van der Waals surface area contributed by atoms with Crippen LogP contribution in [0, 0.1) is 0 Å². The van der Waals surface area contributed by atoms with Crippen molar-refractivity contribution in [1.29, 1.82) is 0 Å². The number of carbonyl (C=O) groups excluding carboxylic acids is 1. The van der Waals surface area contributed by atoms with E-state index in [9.17, 15) is 4.79 Å². The van der Waals surface area contributed by atoms with Crippen molar-refractivity contribution in [2.75, 3.05) is 0 Å². The maximum Gasteiger partial charge on any atom is 0.239 e. The Bertz CT molecular complexity index is 669. The molecule has 1 amide bonds. The Morgan fingerprint density at radius 3 is 2.67 bits per heavy atom. The van der Waals surface area contributed by atoms with Crippen LogP contribution in [0.4, 0.5) is 0 Å². The van der Waals surface area contributed by atoms with Crippen LogP contribution in [-0.2, 0) is 11.3 Å². The van der Waals surface area contributed by atoms with Crippen molar-refractivity contribution >= 4 is 5.91 Å². The molecule has 0 aliphatic heterocycles. The lowest BCUT2D eigenvalue weighted by atomic mass is 10.1. The van der Waals surface area contributed by atoms with Crippen molar-refractivity contribution in [3.8, 4) is 5.88 Å². The molecule has 3 N–H and O–H groups in total. The highest BCUT2D eigenvalue weighted by Gasteiger charge is 2.20. The number of carbonyl (C=O) groups is 1. The third-order valence-corrected chi connectivity index (χ3v) is 4.34. The predicted molar refractivity (Wildman–Crippen MR) is 92.3 cm³/mol. The molecule has 2 aromatic rings. The molecule has 0 spiro atoms. The van der Waals surface area contributed by atoms with Gasteiger partial charge in [-0.1, -0.05) is 36.4 Å². The van der Waals surface area contributed by atoms with Gasteiger partial charge in [-0.25, -0.2) is 4.98 Å². The van der Waals surface area contributed by atoms with E-state index in [1.807, 2.05) is 42.5 Å². The van der Waals surface area contributed by atoms with E-state index in [0.29, 0.717) is 12.4 Å². The predicted octanol–water partition coefficient (Wildman–Crippen LogP) is 2.72. The second-order valence-electron chi connectivity index (χ2n) is 6.12. The number of nitrogens with zero attached hydrogens (tertiary/aromatic N) is 1. The molecule has 0 unspecified atom stereocenters. The number of aromatic nitrogens is 1. The maximum absolute atomic E-state index is 11.8. The van der Waals surface area contributed by atoms with Crippen LogP contribution in [0.25, 0.3) is 0 Å². The zero-order chi connectivity index (χ0) is 16.8. The molecule has 1 saturated carbocycles. The smallest absolute Gasteiger partial charge is 0.239 e. The minimum atomic E-state index is -0.536. The van der Waals surface area contributed by atoms with Crippen LogP contribution in [0.3, 0.4) is 0 Å². The van der Waals surface area contributed by atoms with E-state index in [4.69, 9.17) is 10.5 Å². The molecule has 1 atom stereocenters. The van der Waals surface area contributed by atoms with E-state index in [-0.39, 0.29) is 6.10 Å². The molecule has 0 saturated heterocycles. The van der Waals surface area contributed by atoms with Crippen LogP contribution < -0.4 is 15.8 Å². The zero-order valence-electron chi connectivity index (χ0n) is 13.7. The number of nitrogens with two attached hydrogens (primary N) is 1. The number of rotatable bonds is 7. The molecular weight excluding hydrogens is 302 g/mol. The molecular formula is C19H23N3O2. The number of ether oxygens (including phenoxy) is 1. The van der Waals surface area contributed by atoms with Gasteiger partial charge in [0.1, 0.15) is 12.1 Å². The molecule has 3 rings (SSSR count). The van der Waals surface area contributed by atoms with Gasteiger partial charge >= 0.3 is 0 Å². The Morgan fingerprint density at radius 1 is 1.21 bits per heavy atom. The van der Waals surface area contributed by atoms with Gasteiger partial charge in [-0.15, -0.1) is 0 Å². The highest BCUT2D eigenvalue weighted by Crippen LogP contribution is 2.25. The Balaban J connectivity index is 1.69. The molecule has 1 aliphatic rings. The van der Waals surface area contributed by atoms with Gasteiger partial charge < -0.3 is 10.5 Å². The van der Waals surface area contributed by atoms with E-state index in [1.165, 1.54) is 12.8 Å². The summed E-state index contributed by atoms with van der Waals surface area (Å²) in [6.07, 6.45) is 6.57. The highest BCUT2D eigenvalue weighted by molar-refractivity contribution is 5.81. The Morgan fingerprint density at radius 2 is 1.96 bits per heavy atom. The number of amides is 1. The first-order valence-electron chi connectivity index (χ1n) is 8.42. The Labute approximate surface area is 142 Å². The monoisotopic (exact) mass is 325 g/mol. The lowest BCUT2D eigenvalue weighted by Crippen LogP contribution is -2.33. The molecule has 1 heterocycles. The summed E-state index contributed by atoms with van der Waals surface area (Å²) in [5.74, 6) is 0.247. The second-order valence-corrected chi connectivity index (χ2v) is 6.12. The average molecular weight is 325 g/mol. The van der Waals surface area contributed by atoms with E-state index in [0.717, 1.165) is 24.0 Å². The first-order valence-corrected chi connectivity index (χ1v) is 8.42. The van der Waals surface area contributed by atoms with Gasteiger partial charge in [0.15, 0.2) is 0 Å². The normalized spacial score (nSPS) is 16.0. The molecule has 126 valence electrons. The van der Waals surface area contributed by atoms with Gasteiger partial charge in [0, 0.05) is 18.3 Å². The fourth-order valence-corrected chi connectivity index (χ4v) is 3.07. The minimum absolute atomic E-state index is 0.250. The van der Waals surface area contributed by atoms with Crippen molar-refractivity contribution < 1.29 is 9.53 Å². The van der Waals surface area contributed by atoms with Gasteiger partial charge in [-0.2, -0.15) is 0 Å². The first-order chi connectivity index (χ1) is 11.7. The van der Waals surface area contributed by atoms with Crippen molar-refractivity contribution in [1.82, 2.24) is 10.3 Å². The van der Waals surface area contributed by atoms with E-state index in [1.54, 1.807) is 6.20 Å². The van der Waals surface area contributed by atoms with Crippen LogP contribution in [0.2, 0.25) is 0 Å². The summed E-state index contributed by atoms with van der Waals surface area (Å²) >= 11 is 0. The third kappa shape index (κ3) is 4.11. The lowest BCUT2D eigenvalue weighted by Gasteiger charge is -2.18. The van der Waals surface area contributed by atoms with Gasteiger partial charge in [-0.3, -0.25) is 10.1 Å². The number of primary amides is 1. The number of benzene rings is 1. The fraction of sp³-hybridized carbons (Fsp3) is 0.368. The summed E-state index contributed by atoms with van der Waals surface area (Å²) in [5.41, 5.74) is 7.35. The summed E-state index contributed by atoms with van der Waals surface area (Å²) < 4.78 is 6.04. The summed E-state index contributed by atoms with van der Waals surface area (Å²) in [5, 5.41) is 3.22. The minimum Gasteiger partial charge on any atom is -0.474 e. The van der Waals surface area contributed by atoms with Crippen molar-refractivity contribution in [3.63, 3.8) is 0 Å². The summed E-state index contributed by atoms with van der Waals surface area (Å²) in [6, 6.07) is 12.8. The topological polar surface area (TPSA) is 77.2 Å². The quantitative estimate of drug-likeness (QED) is 0.820. The lowest BCUT2D eigenvalue weighted by molar-refractivity contribution is -0.120. The average Bonchev–Trinajstić information content (AvgIpc) is 3.10. The molecule has 0 bridgehead atoms. The van der Waals surface area contributed by atoms with E-state index < -0.39 is 11.9 Å². The van der Waals surface area contributed by atoms with Crippen LogP contribution >= 0.6 is 0 Å². The number of hydrogen-bond acceptors (Lipinski definition) is 4. The standard InChI is InChI=1S/C19H23N3O2/c20-18(23)17(14-7-2-1-3-8-14)22-13-15-9-6-12-21-19(15)24-16-10-4-5-11-16/h1-3,6-9,12,16-17,22H,4-5,10-11,13H2,(H2,20,23)/t17-/m1/s1. The van der Waals surface area contributed by atoms with E-state index >= 15 is 0 Å². The number of nitrogens with one attached hydrogen (secondary N) is 1. The molecule has 5 heteroatoms. The molecule has 1 fully saturated rings. The highest BCUT2D eigenvalue weighted by atomic mass is 16.5. The summed E-state index contributed by atoms with van der Waals surface area (Å²) in [7, 11) is 0. The van der Waals surface area contributed by atoms with Crippen LogP contribution in [0.15, 0.2) is 48.7 Å². The van der Waals surface area contributed by atoms with Gasteiger partial charge in [-0.05, 0) is 37.3 Å². The molecule has 0 radical (unpaired) electrons. The molecule has 1 aromatic carbocycles. The summed E-state index contributed by atoms with van der Waals surface area (Å²) in [4.78, 5) is 16.2. The molecule has 24 heavy (non-hydrogen) atoms. The molecule has 1 aromatic heterocycles. The summed E-state index contributed by atoms with van der Waals surface area (Å²) in [6.45, 7) is 0.471. The van der Waals surface area contributed by atoms with Crippen LogP contribution in [0.1, 0.15) is 42.9 Å². The van der Waals surface area contributed by atoms with Crippen molar-refractivity contribution in [3.05, 3.63) is 59.8 Å². The SMILES string of the molecule is NC(=O)[C@H](NCc1cccnc1OC1CCCC1)c1ccccc1. The van der Waals surface area contributed by atoms with Gasteiger partial charge in [0.25, 0.3) is 0 Å². The van der Waals surface area contributed by atoms with E-state index in [2.05, 4.69) is 10.3 Å². The van der Waals surface area contributed by atoms with Crippen LogP contribution in [-0.4, -0.2) is 17.0 Å². The van der Waals surface area contributed by atoms with Crippen molar-refractivity contribution in [2.45, 2.75) is 44.4 Å².